The molecule has 0 atom stereocenters. The Labute approximate surface area is 127 Å². The summed E-state index contributed by atoms with van der Waals surface area (Å²) in [4.78, 5) is 0.000257. The lowest BCUT2D eigenvalue weighted by Gasteiger charge is -2.10. The molecule has 0 aromatic heterocycles. The van der Waals surface area contributed by atoms with E-state index in [4.69, 9.17) is 16.3 Å². The van der Waals surface area contributed by atoms with E-state index in [9.17, 15) is 12.8 Å². The Balaban J connectivity index is 2.27. The topological polar surface area (TPSA) is 55.4 Å². The van der Waals surface area contributed by atoms with E-state index in [-0.39, 0.29) is 15.6 Å². The van der Waals surface area contributed by atoms with Gasteiger partial charge in [0.15, 0.2) is 0 Å². The number of anilines is 1. The van der Waals surface area contributed by atoms with Crippen molar-refractivity contribution in [1.82, 2.24) is 0 Å². The van der Waals surface area contributed by atoms with Gasteiger partial charge < -0.3 is 4.74 Å². The van der Waals surface area contributed by atoms with Crippen LogP contribution in [0.1, 0.15) is 6.92 Å². The Kier molecular flexibility index (Phi) is 4.69. The summed E-state index contributed by atoms with van der Waals surface area (Å²) in [7, 11) is -3.79. The van der Waals surface area contributed by atoms with Crippen LogP contribution in [0.15, 0.2) is 47.4 Å². The van der Waals surface area contributed by atoms with E-state index in [1.54, 1.807) is 6.92 Å². The molecule has 0 aliphatic rings. The lowest BCUT2D eigenvalue weighted by molar-refractivity contribution is 0.340. The minimum atomic E-state index is -3.79. The number of hydrogen-bond donors (Lipinski definition) is 1. The number of rotatable bonds is 5. The van der Waals surface area contributed by atoms with Gasteiger partial charge in [0.1, 0.15) is 11.6 Å². The van der Waals surface area contributed by atoms with Gasteiger partial charge in [-0.15, -0.1) is 0 Å². The molecule has 7 heteroatoms. The van der Waals surface area contributed by atoms with Gasteiger partial charge in [-0.1, -0.05) is 11.6 Å². The molecule has 0 amide bonds. The van der Waals surface area contributed by atoms with Crippen LogP contribution in [0.5, 0.6) is 5.75 Å². The second kappa shape index (κ2) is 6.32. The van der Waals surface area contributed by atoms with Crippen molar-refractivity contribution in [1.29, 1.82) is 0 Å². The highest BCUT2D eigenvalue weighted by molar-refractivity contribution is 7.92. The Hall–Kier alpha value is -1.79. The fourth-order valence-corrected chi connectivity index (χ4v) is 3.04. The molecular formula is C14H13ClFNO3S. The van der Waals surface area contributed by atoms with Gasteiger partial charge in [0.05, 0.1) is 16.5 Å². The van der Waals surface area contributed by atoms with E-state index in [0.29, 0.717) is 12.4 Å². The van der Waals surface area contributed by atoms with Gasteiger partial charge in [-0.2, -0.15) is 0 Å². The molecule has 0 aliphatic carbocycles. The smallest absolute Gasteiger partial charge is 0.261 e. The first kappa shape index (κ1) is 15.6. The molecule has 4 nitrogen and oxygen atoms in total. The summed E-state index contributed by atoms with van der Waals surface area (Å²) in [6.45, 7) is 2.23. The van der Waals surface area contributed by atoms with Crippen LogP contribution in [0.4, 0.5) is 10.1 Å². The number of sulfonamides is 1. The molecule has 0 saturated carbocycles. The lowest BCUT2D eigenvalue weighted by atomic mass is 10.3. The lowest BCUT2D eigenvalue weighted by Crippen LogP contribution is -2.13. The Morgan fingerprint density at radius 2 is 1.86 bits per heavy atom. The van der Waals surface area contributed by atoms with Crippen LogP contribution in [0.25, 0.3) is 0 Å². The zero-order valence-electron chi connectivity index (χ0n) is 11.1. The summed E-state index contributed by atoms with van der Waals surface area (Å²) >= 11 is 5.97. The normalized spacial score (nSPS) is 11.2. The van der Waals surface area contributed by atoms with E-state index in [0.717, 1.165) is 0 Å². The summed E-state index contributed by atoms with van der Waals surface area (Å²) in [5, 5.41) is 0.207. The van der Waals surface area contributed by atoms with Crippen LogP contribution < -0.4 is 9.46 Å². The molecule has 0 radical (unpaired) electrons. The molecule has 0 fully saturated rings. The predicted octanol–water partition coefficient (Wildman–Crippen LogP) is 3.68. The SMILES string of the molecule is CCOc1ccc(S(=O)(=O)Nc2ccc(F)cc2)cc1Cl. The third-order valence-electron chi connectivity index (χ3n) is 2.61. The molecular weight excluding hydrogens is 317 g/mol. The Morgan fingerprint density at radius 1 is 1.19 bits per heavy atom. The zero-order valence-corrected chi connectivity index (χ0v) is 12.7. The largest absolute Gasteiger partial charge is 0.492 e. The van der Waals surface area contributed by atoms with E-state index in [1.807, 2.05) is 0 Å². The summed E-state index contributed by atoms with van der Waals surface area (Å²) in [5.41, 5.74) is 0.265. The highest BCUT2D eigenvalue weighted by Crippen LogP contribution is 2.28. The van der Waals surface area contributed by atoms with Crippen molar-refractivity contribution in [2.24, 2.45) is 0 Å². The molecule has 112 valence electrons. The first-order chi connectivity index (χ1) is 9.92. The van der Waals surface area contributed by atoms with Crippen molar-refractivity contribution in [3.63, 3.8) is 0 Å². The van der Waals surface area contributed by atoms with Crippen LogP contribution in [-0.4, -0.2) is 15.0 Å². The highest BCUT2D eigenvalue weighted by Gasteiger charge is 2.16. The molecule has 21 heavy (non-hydrogen) atoms. The maximum absolute atomic E-state index is 12.8. The predicted molar refractivity (Wildman–Crippen MR) is 79.8 cm³/mol. The van der Waals surface area contributed by atoms with E-state index in [1.165, 1.54) is 42.5 Å². The maximum Gasteiger partial charge on any atom is 0.261 e. The maximum atomic E-state index is 12.8. The third-order valence-corrected chi connectivity index (χ3v) is 4.28. The standard InChI is InChI=1S/C14H13ClFNO3S/c1-2-20-14-8-7-12(9-13(14)15)21(18,19)17-11-5-3-10(16)4-6-11/h3-9,17H,2H2,1H3. The molecule has 2 rings (SSSR count). The van der Waals surface area contributed by atoms with E-state index >= 15 is 0 Å². The van der Waals surface area contributed by atoms with Gasteiger partial charge in [-0.3, -0.25) is 4.72 Å². The van der Waals surface area contributed by atoms with Gasteiger partial charge in [-0.05, 0) is 49.4 Å². The average Bonchev–Trinajstić information content (AvgIpc) is 2.43. The minimum absolute atomic E-state index is 0.000257. The first-order valence-electron chi connectivity index (χ1n) is 6.13. The highest BCUT2D eigenvalue weighted by atomic mass is 35.5. The second-order valence-corrected chi connectivity index (χ2v) is 6.23. The summed E-state index contributed by atoms with van der Waals surface area (Å²) in [6.07, 6.45) is 0. The molecule has 0 bridgehead atoms. The second-order valence-electron chi connectivity index (χ2n) is 4.14. The van der Waals surface area contributed by atoms with Crippen LogP contribution in [0.3, 0.4) is 0 Å². The molecule has 0 unspecified atom stereocenters. The van der Waals surface area contributed by atoms with Crippen molar-refractivity contribution in [2.45, 2.75) is 11.8 Å². The molecule has 0 heterocycles. The molecule has 2 aromatic rings. The molecule has 0 spiro atoms. The van der Waals surface area contributed by atoms with Gasteiger partial charge in [0.2, 0.25) is 0 Å². The van der Waals surface area contributed by atoms with E-state index < -0.39 is 15.8 Å². The van der Waals surface area contributed by atoms with Crippen LogP contribution in [0, 0.1) is 5.82 Å². The van der Waals surface area contributed by atoms with Crippen molar-refractivity contribution in [2.75, 3.05) is 11.3 Å². The van der Waals surface area contributed by atoms with Crippen LogP contribution in [-0.2, 0) is 10.0 Å². The number of hydrogen-bond acceptors (Lipinski definition) is 3. The van der Waals surface area contributed by atoms with Crippen molar-refractivity contribution >= 4 is 27.3 Å². The fourth-order valence-electron chi connectivity index (χ4n) is 1.65. The van der Waals surface area contributed by atoms with Crippen molar-refractivity contribution in [3.8, 4) is 5.75 Å². The Morgan fingerprint density at radius 3 is 2.43 bits per heavy atom. The number of halogens is 2. The molecule has 2 aromatic carbocycles. The van der Waals surface area contributed by atoms with Crippen LogP contribution >= 0.6 is 11.6 Å². The molecule has 0 aliphatic heterocycles. The van der Waals surface area contributed by atoms with Crippen LogP contribution in [0.2, 0.25) is 5.02 Å². The first-order valence-corrected chi connectivity index (χ1v) is 7.99. The van der Waals surface area contributed by atoms with Gasteiger partial charge in [-0.25, -0.2) is 12.8 Å². The average molecular weight is 330 g/mol. The summed E-state index contributed by atoms with van der Waals surface area (Å²) in [6, 6.07) is 9.20. The number of benzene rings is 2. The summed E-state index contributed by atoms with van der Waals surface area (Å²) < 4.78 is 44.8. The zero-order chi connectivity index (χ0) is 15.5. The Bertz CT molecular complexity index is 732. The quantitative estimate of drug-likeness (QED) is 0.910. The molecule has 1 N–H and O–H groups in total. The van der Waals surface area contributed by atoms with Crippen molar-refractivity contribution < 1.29 is 17.5 Å². The number of nitrogens with one attached hydrogen (secondary N) is 1. The van der Waals surface area contributed by atoms with E-state index in [2.05, 4.69) is 4.72 Å². The van der Waals surface area contributed by atoms with Gasteiger partial charge in [0.25, 0.3) is 10.0 Å². The minimum Gasteiger partial charge on any atom is -0.492 e. The van der Waals surface area contributed by atoms with Gasteiger partial charge in [0, 0.05) is 5.69 Å². The van der Waals surface area contributed by atoms with Gasteiger partial charge >= 0.3 is 0 Å². The fraction of sp³-hybridized carbons (Fsp3) is 0.143. The molecule has 0 saturated heterocycles. The summed E-state index contributed by atoms with van der Waals surface area (Å²) in [5.74, 6) is -0.0260. The monoisotopic (exact) mass is 329 g/mol. The van der Waals surface area contributed by atoms with Crippen molar-refractivity contribution in [3.05, 3.63) is 53.3 Å². The third kappa shape index (κ3) is 3.86. The number of ether oxygens (including phenoxy) is 1.